The summed E-state index contributed by atoms with van der Waals surface area (Å²) in [6, 6.07) is 16.8. The fraction of sp³-hybridized carbons (Fsp3) is 0.211. The van der Waals surface area contributed by atoms with Gasteiger partial charge >= 0.3 is 0 Å². The summed E-state index contributed by atoms with van der Waals surface area (Å²) >= 11 is 5.05. The van der Waals surface area contributed by atoms with E-state index < -0.39 is 0 Å². The first-order valence-corrected chi connectivity index (χ1v) is 9.32. The van der Waals surface area contributed by atoms with Crippen molar-refractivity contribution in [1.29, 1.82) is 0 Å². The second-order valence-electron chi connectivity index (χ2n) is 6.03. The van der Waals surface area contributed by atoms with E-state index in [1.54, 1.807) is 19.2 Å². The average Bonchev–Trinajstić information content (AvgIpc) is 3.22. The number of ether oxygens (including phenoxy) is 1. The molecule has 0 aliphatic heterocycles. The lowest BCUT2D eigenvalue weighted by Crippen LogP contribution is -2.47. The molecule has 3 aromatic rings. The Labute approximate surface area is 173 Å². The van der Waals surface area contributed by atoms with Gasteiger partial charge in [0, 0.05) is 24.8 Å². The third-order valence-corrected chi connectivity index (χ3v) is 4.15. The number of hydrogen-bond donors (Lipinski definition) is 3. The predicted molar refractivity (Wildman–Crippen MR) is 112 cm³/mol. The fourth-order valence-electron chi connectivity index (χ4n) is 2.43. The summed E-state index contributed by atoms with van der Waals surface area (Å²) in [6.07, 6.45) is 0. The zero-order chi connectivity index (χ0) is 20.5. The lowest BCUT2D eigenvalue weighted by Gasteiger charge is -2.11. The van der Waals surface area contributed by atoms with Crippen LogP contribution in [0, 0.1) is 0 Å². The van der Waals surface area contributed by atoms with Crippen LogP contribution in [0.3, 0.4) is 0 Å². The Morgan fingerprint density at radius 3 is 2.59 bits per heavy atom. The molecule has 0 saturated carbocycles. The van der Waals surface area contributed by atoms with E-state index in [1.807, 2.05) is 42.5 Å². The Morgan fingerprint density at radius 2 is 1.86 bits per heavy atom. The van der Waals surface area contributed by atoms with Crippen molar-refractivity contribution < 1.29 is 9.53 Å². The van der Waals surface area contributed by atoms with Gasteiger partial charge in [0.1, 0.15) is 0 Å². The first-order valence-electron chi connectivity index (χ1n) is 8.91. The number of methoxy groups -OCH3 is 1. The quantitative estimate of drug-likeness (QED) is 0.302. The number of amides is 1. The van der Waals surface area contributed by atoms with Gasteiger partial charge in [-0.3, -0.25) is 15.6 Å². The van der Waals surface area contributed by atoms with Crippen molar-refractivity contribution in [2.75, 3.05) is 20.3 Å². The van der Waals surface area contributed by atoms with Crippen LogP contribution in [0.1, 0.15) is 15.9 Å². The standard InChI is InChI=1S/C19H21N7O2S/c1-28-12-11-20-19(29)23-22-18(27)16-9-7-14(8-10-16)13-26-24-17(21-25-26)15-5-3-2-4-6-15/h2-10H,11-13H2,1H3,(H,22,27)(H2,20,23,29). The fourth-order valence-corrected chi connectivity index (χ4v) is 2.59. The zero-order valence-electron chi connectivity index (χ0n) is 15.8. The van der Waals surface area contributed by atoms with E-state index >= 15 is 0 Å². The van der Waals surface area contributed by atoms with Gasteiger partial charge < -0.3 is 10.1 Å². The molecule has 1 aromatic heterocycles. The molecule has 0 aliphatic carbocycles. The minimum absolute atomic E-state index is 0.294. The first kappa shape index (κ1) is 20.4. The highest BCUT2D eigenvalue weighted by Gasteiger charge is 2.08. The van der Waals surface area contributed by atoms with Gasteiger partial charge in [-0.25, -0.2) is 0 Å². The molecule has 0 spiro atoms. The second kappa shape index (κ2) is 10.2. The monoisotopic (exact) mass is 411 g/mol. The van der Waals surface area contributed by atoms with Crippen LogP contribution in [0.25, 0.3) is 11.4 Å². The molecule has 0 unspecified atom stereocenters. The molecule has 0 atom stereocenters. The van der Waals surface area contributed by atoms with Crippen LogP contribution < -0.4 is 16.2 Å². The second-order valence-corrected chi connectivity index (χ2v) is 6.44. The number of benzene rings is 2. The number of carbonyl (C=O) groups is 1. The van der Waals surface area contributed by atoms with Crippen molar-refractivity contribution in [2.45, 2.75) is 6.54 Å². The van der Waals surface area contributed by atoms with Crippen LogP contribution in [0.5, 0.6) is 0 Å². The van der Waals surface area contributed by atoms with Crippen molar-refractivity contribution in [1.82, 2.24) is 36.4 Å². The summed E-state index contributed by atoms with van der Waals surface area (Å²) < 4.78 is 4.91. The molecule has 0 bridgehead atoms. The molecule has 150 valence electrons. The van der Waals surface area contributed by atoms with Crippen molar-refractivity contribution >= 4 is 23.2 Å². The normalized spacial score (nSPS) is 10.4. The van der Waals surface area contributed by atoms with Gasteiger partial charge in [-0.15, -0.1) is 10.2 Å². The van der Waals surface area contributed by atoms with Gasteiger partial charge in [0.05, 0.1) is 13.2 Å². The van der Waals surface area contributed by atoms with Crippen LogP contribution in [0.4, 0.5) is 0 Å². The number of rotatable bonds is 7. The van der Waals surface area contributed by atoms with Crippen LogP contribution in [-0.2, 0) is 11.3 Å². The number of hydrogen-bond acceptors (Lipinski definition) is 6. The molecule has 29 heavy (non-hydrogen) atoms. The van der Waals surface area contributed by atoms with Crippen molar-refractivity contribution in [3.05, 3.63) is 65.7 Å². The molecule has 9 nitrogen and oxygen atoms in total. The zero-order valence-corrected chi connectivity index (χ0v) is 16.6. The molecule has 0 saturated heterocycles. The van der Waals surface area contributed by atoms with Gasteiger partial charge in [-0.2, -0.15) is 4.80 Å². The highest BCUT2D eigenvalue weighted by Crippen LogP contribution is 2.12. The smallest absolute Gasteiger partial charge is 0.269 e. The Hall–Kier alpha value is -3.37. The molecular formula is C19H21N7O2S. The molecule has 0 aliphatic rings. The molecule has 1 amide bonds. The van der Waals surface area contributed by atoms with Crippen LogP contribution in [0.15, 0.2) is 54.6 Å². The lowest BCUT2D eigenvalue weighted by atomic mass is 10.1. The Balaban J connectivity index is 1.52. The number of thiocarbonyl (C=S) groups is 1. The number of aromatic nitrogens is 4. The molecule has 3 rings (SSSR count). The van der Waals surface area contributed by atoms with E-state index in [2.05, 4.69) is 31.6 Å². The van der Waals surface area contributed by atoms with Gasteiger partial charge in [-0.05, 0) is 35.1 Å². The third kappa shape index (κ3) is 6.06. The van der Waals surface area contributed by atoms with E-state index in [0.717, 1.165) is 11.1 Å². The summed E-state index contributed by atoms with van der Waals surface area (Å²) in [7, 11) is 1.60. The molecule has 10 heteroatoms. The number of carbonyl (C=O) groups excluding carboxylic acids is 1. The largest absolute Gasteiger partial charge is 0.383 e. The van der Waals surface area contributed by atoms with E-state index in [-0.39, 0.29) is 5.91 Å². The first-order chi connectivity index (χ1) is 14.2. The molecule has 1 heterocycles. The molecular weight excluding hydrogens is 390 g/mol. The van der Waals surface area contributed by atoms with Gasteiger partial charge in [0.25, 0.3) is 5.91 Å². The minimum atomic E-state index is -0.294. The molecule has 3 N–H and O–H groups in total. The topological polar surface area (TPSA) is 106 Å². The number of hydrazine groups is 1. The Bertz CT molecular complexity index is 945. The van der Waals surface area contributed by atoms with Crippen LogP contribution >= 0.6 is 12.2 Å². The van der Waals surface area contributed by atoms with Crippen molar-refractivity contribution in [3.63, 3.8) is 0 Å². The number of nitrogens with zero attached hydrogens (tertiary/aromatic N) is 4. The van der Waals surface area contributed by atoms with Crippen molar-refractivity contribution in [2.24, 2.45) is 0 Å². The highest BCUT2D eigenvalue weighted by atomic mass is 32.1. The Kier molecular flexibility index (Phi) is 7.20. The SMILES string of the molecule is COCCNC(=S)NNC(=O)c1ccc(Cn2nnc(-c3ccccc3)n2)cc1. The summed E-state index contributed by atoms with van der Waals surface area (Å²) in [4.78, 5) is 13.7. The van der Waals surface area contributed by atoms with E-state index in [4.69, 9.17) is 17.0 Å². The molecule has 2 aromatic carbocycles. The van der Waals surface area contributed by atoms with Gasteiger partial charge in [-0.1, -0.05) is 42.5 Å². The molecule has 0 radical (unpaired) electrons. The van der Waals surface area contributed by atoms with E-state index in [1.165, 1.54) is 4.80 Å². The Morgan fingerprint density at radius 1 is 1.10 bits per heavy atom. The van der Waals surface area contributed by atoms with E-state index in [9.17, 15) is 4.79 Å². The van der Waals surface area contributed by atoms with Gasteiger partial charge in [0.2, 0.25) is 5.82 Å². The van der Waals surface area contributed by atoms with Crippen molar-refractivity contribution in [3.8, 4) is 11.4 Å². The highest BCUT2D eigenvalue weighted by molar-refractivity contribution is 7.80. The van der Waals surface area contributed by atoms with Gasteiger partial charge in [0.15, 0.2) is 5.11 Å². The summed E-state index contributed by atoms with van der Waals surface area (Å²) in [5.41, 5.74) is 7.54. The number of tetrazole rings is 1. The molecule has 0 fully saturated rings. The predicted octanol–water partition coefficient (Wildman–Crippen LogP) is 1.14. The average molecular weight is 411 g/mol. The summed E-state index contributed by atoms with van der Waals surface area (Å²) in [5.74, 6) is 0.278. The van der Waals surface area contributed by atoms with Crippen LogP contribution in [-0.4, -0.2) is 51.5 Å². The maximum Gasteiger partial charge on any atom is 0.269 e. The number of nitrogens with one attached hydrogen (secondary N) is 3. The van der Waals surface area contributed by atoms with Crippen LogP contribution in [0.2, 0.25) is 0 Å². The lowest BCUT2D eigenvalue weighted by molar-refractivity contribution is 0.0943. The van der Waals surface area contributed by atoms with E-state index in [0.29, 0.717) is 36.2 Å². The summed E-state index contributed by atoms with van der Waals surface area (Å²) in [6.45, 7) is 1.52. The summed E-state index contributed by atoms with van der Waals surface area (Å²) in [5, 5.41) is 15.8. The maximum atomic E-state index is 12.2. The third-order valence-electron chi connectivity index (χ3n) is 3.91. The maximum absolute atomic E-state index is 12.2. The minimum Gasteiger partial charge on any atom is -0.383 e.